The summed E-state index contributed by atoms with van der Waals surface area (Å²) in [5, 5.41) is 9.60. The van der Waals surface area contributed by atoms with Gasteiger partial charge in [0, 0.05) is 25.4 Å². The Labute approximate surface area is 97.4 Å². The van der Waals surface area contributed by atoms with Gasteiger partial charge in [-0.3, -0.25) is 4.90 Å². The summed E-state index contributed by atoms with van der Waals surface area (Å²) >= 11 is 1.51. The highest BCUT2D eigenvalue weighted by molar-refractivity contribution is 7.99. The van der Waals surface area contributed by atoms with Gasteiger partial charge >= 0.3 is 0 Å². The van der Waals surface area contributed by atoms with Gasteiger partial charge in [-0.05, 0) is 6.42 Å². The van der Waals surface area contributed by atoms with E-state index in [9.17, 15) is 5.11 Å². The topological polar surface area (TPSA) is 23.5 Å². The van der Waals surface area contributed by atoms with Gasteiger partial charge in [-0.2, -0.15) is 0 Å². The zero-order chi connectivity index (χ0) is 11.5. The zero-order valence-corrected chi connectivity index (χ0v) is 10.1. The minimum Gasteiger partial charge on any atom is -0.382 e. The summed E-state index contributed by atoms with van der Waals surface area (Å²) in [6.07, 6.45) is 6.30. The molecule has 0 saturated carbocycles. The Kier molecular flexibility index (Phi) is 9.68. The lowest BCUT2D eigenvalue weighted by atomic mass is 10.3. The summed E-state index contributed by atoms with van der Waals surface area (Å²) in [5.41, 5.74) is -0.305. The molecule has 0 aliphatic carbocycles. The fraction of sp³-hybridized carbons (Fsp3) is 0.500. The quantitative estimate of drug-likeness (QED) is 0.457. The predicted molar refractivity (Wildman–Crippen MR) is 70.1 cm³/mol. The van der Waals surface area contributed by atoms with Crippen molar-refractivity contribution in [2.45, 2.75) is 11.9 Å². The van der Waals surface area contributed by atoms with Crippen molar-refractivity contribution in [1.29, 1.82) is 0 Å². The van der Waals surface area contributed by atoms with Crippen LogP contribution in [0, 0.1) is 0 Å². The molecule has 0 fully saturated rings. The molecule has 0 radical (unpaired) electrons. The molecule has 3 heteroatoms. The van der Waals surface area contributed by atoms with E-state index in [1.807, 2.05) is 12.2 Å². The molecule has 1 unspecified atom stereocenters. The maximum Gasteiger partial charge on any atom is 0.101 e. The van der Waals surface area contributed by atoms with Gasteiger partial charge in [0.2, 0.25) is 0 Å². The van der Waals surface area contributed by atoms with Crippen LogP contribution in [0.1, 0.15) is 6.42 Å². The molecule has 1 atom stereocenters. The molecular formula is C12H21NOS. The third-order valence-electron chi connectivity index (χ3n) is 1.87. The van der Waals surface area contributed by atoms with Crippen LogP contribution in [0.3, 0.4) is 0 Å². The van der Waals surface area contributed by atoms with Crippen LogP contribution in [0.15, 0.2) is 38.0 Å². The van der Waals surface area contributed by atoms with Gasteiger partial charge in [0.25, 0.3) is 0 Å². The second-order valence-electron chi connectivity index (χ2n) is 3.20. The minimum absolute atomic E-state index is 0.305. The molecule has 0 heterocycles. The molecule has 0 amide bonds. The number of nitrogens with zero attached hydrogens (tertiary/aromatic N) is 1. The monoisotopic (exact) mass is 227 g/mol. The smallest absolute Gasteiger partial charge is 0.101 e. The number of hydrogen-bond acceptors (Lipinski definition) is 3. The van der Waals surface area contributed by atoms with Crippen LogP contribution in [0.4, 0.5) is 0 Å². The molecule has 0 aromatic rings. The van der Waals surface area contributed by atoms with Gasteiger partial charge < -0.3 is 5.11 Å². The van der Waals surface area contributed by atoms with Gasteiger partial charge in [-0.15, -0.1) is 31.5 Å². The standard InChI is InChI=1S/C12H21NOS/c1-4-8-13(9-5-2)10-7-12(14)15-11-6-3/h4-6,12,14H,1-3,7-11H2. The number of thioether (sulfide) groups is 1. The van der Waals surface area contributed by atoms with E-state index in [1.165, 1.54) is 11.8 Å². The maximum absolute atomic E-state index is 9.60. The molecule has 0 aromatic heterocycles. The van der Waals surface area contributed by atoms with Crippen molar-refractivity contribution < 1.29 is 5.11 Å². The van der Waals surface area contributed by atoms with Crippen molar-refractivity contribution in [3.63, 3.8) is 0 Å². The van der Waals surface area contributed by atoms with Crippen molar-refractivity contribution in [3.05, 3.63) is 38.0 Å². The van der Waals surface area contributed by atoms with Crippen molar-refractivity contribution >= 4 is 11.8 Å². The van der Waals surface area contributed by atoms with Crippen molar-refractivity contribution in [2.75, 3.05) is 25.4 Å². The number of aliphatic hydroxyl groups is 1. The largest absolute Gasteiger partial charge is 0.382 e. The first-order valence-electron chi connectivity index (χ1n) is 5.09. The molecule has 0 saturated heterocycles. The lowest BCUT2D eigenvalue weighted by molar-refractivity contribution is 0.220. The van der Waals surface area contributed by atoms with Crippen LogP contribution in [0.5, 0.6) is 0 Å². The Hall–Kier alpha value is -0.510. The SMILES string of the molecule is C=CCSC(O)CCN(CC=C)CC=C. The van der Waals surface area contributed by atoms with E-state index in [1.54, 1.807) is 6.08 Å². The first-order valence-corrected chi connectivity index (χ1v) is 6.14. The van der Waals surface area contributed by atoms with Crippen LogP contribution in [-0.4, -0.2) is 40.8 Å². The molecule has 2 nitrogen and oxygen atoms in total. The zero-order valence-electron chi connectivity index (χ0n) is 9.27. The Morgan fingerprint density at radius 3 is 2.20 bits per heavy atom. The molecule has 0 aliphatic rings. The molecule has 15 heavy (non-hydrogen) atoms. The molecule has 0 spiro atoms. The molecular weight excluding hydrogens is 206 g/mol. The summed E-state index contributed by atoms with van der Waals surface area (Å²) in [5.74, 6) is 0.796. The average molecular weight is 227 g/mol. The van der Waals surface area contributed by atoms with Gasteiger partial charge in [-0.1, -0.05) is 18.2 Å². The number of rotatable bonds is 10. The highest BCUT2D eigenvalue weighted by atomic mass is 32.2. The highest BCUT2D eigenvalue weighted by Crippen LogP contribution is 2.12. The molecule has 0 aliphatic heterocycles. The Bertz CT molecular complexity index is 184. The van der Waals surface area contributed by atoms with Crippen LogP contribution in [-0.2, 0) is 0 Å². The van der Waals surface area contributed by atoms with Crippen LogP contribution >= 0.6 is 11.8 Å². The van der Waals surface area contributed by atoms with E-state index in [0.717, 1.165) is 31.8 Å². The summed E-state index contributed by atoms with van der Waals surface area (Å²) in [4.78, 5) is 2.19. The van der Waals surface area contributed by atoms with E-state index < -0.39 is 0 Å². The lowest BCUT2D eigenvalue weighted by Gasteiger charge is -2.20. The van der Waals surface area contributed by atoms with Crippen molar-refractivity contribution in [1.82, 2.24) is 4.90 Å². The van der Waals surface area contributed by atoms with E-state index in [0.29, 0.717) is 0 Å². The third-order valence-corrected chi connectivity index (χ3v) is 2.92. The maximum atomic E-state index is 9.60. The molecule has 1 N–H and O–H groups in total. The normalized spacial score (nSPS) is 12.4. The first kappa shape index (κ1) is 14.5. The van der Waals surface area contributed by atoms with Crippen LogP contribution in [0.25, 0.3) is 0 Å². The fourth-order valence-corrected chi connectivity index (χ4v) is 1.81. The Morgan fingerprint density at radius 2 is 1.73 bits per heavy atom. The van der Waals surface area contributed by atoms with E-state index in [2.05, 4.69) is 24.6 Å². The summed E-state index contributed by atoms with van der Waals surface area (Å²) < 4.78 is 0. The summed E-state index contributed by atoms with van der Waals surface area (Å²) in [6, 6.07) is 0. The van der Waals surface area contributed by atoms with Gasteiger partial charge in [0.1, 0.15) is 5.44 Å². The average Bonchev–Trinajstić information content (AvgIpc) is 2.23. The fourth-order valence-electron chi connectivity index (χ4n) is 1.18. The predicted octanol–water partition coefficient (Wildman–Crippen LogP) is 2.29. The molecule has 0 rings (SSSR count). The van der Waals surface area contributed by atoms with E-state index >= 15 is 0 Å². The Balaban J connectivity index is 3.70. The van der Waals surface area contributed by atoms with Gasteiger partial charge in [-0.25, -0.2) is 0 Å². The molecule has 86 valence electrons. The lowest BCUT2D eigenvalue weighted by Crippen LogP contribution is -2.27. The Morgan fingerprint density at radius 1 is 1.13 bits per heavy atom. The van der Waals surface area contributed by atoms with Crippen LogP contribution < -0.4 is 0 Å². The molecule has 0 aromatic carbocycles. The number of hydrogen-bond donors (Lipinski definition) is 1. The molecule has 0 bridgehead atoms. The third kappa shape index (κ3) is 8.48. The second-order valence-corrected chi connectivity index (χ2v) is 4.41. The van der Waals surface area contributed by atoms with Gasteiger partial charge in [0.15, 0.2) is 0 Å². The van der Waals surface area contributed by atoms with E-state index in [-0.39, 0.29) is 5.44 Å². The minimum atomic E-state index is -0.305. The second kappa shape index (κ2) is 10.0. The van der Waals surface area contributed by atoms with Gasteiger partial charge in [0.05, 0.1) is 0 Å². The van der Waals surface area contributed by atoms with Crippen molar-refractivity contribution in [2.24, 2.45) is 0 Å². The van der Waals surface area contributed by atoms with Crippen molar-refractivity contribution in [3.8, 4) is 0 Å². The highest BCUT2D eigenvalue weighted by Gasteiger charge is 2.06. The summed E-state index contributed by atoms with van der Waals surface area (Å²) in [6.45, 7) is 13.6. The van der Waals surface area contributed by atoms with E-state index in [4.69, 9.17) is 0 Å². The van der Waals surface area contributed by atoms with Crippen LogP contribution in [0.2, 0.25) is 0 Å². The first-order chi connectivity index (χ1) is 7.24. The summed E-state index contributed by atoms with van der Waals surface area (Å²) in [7, 11) is 0. The number of aliphatic hydroxyl groups excluding tert-OH is 1.